The van der Waals surface area contributed by atoms with Crippen LogP contribution in [0.5, 0.6) is 0 Å². The molecule has 2 saturated heterocycles. The van der Waals surface area contributed by atoms with Crippen molar-refractivity contribution in [3.05, 3.63) is 30.0 Å². The Kier molecular flexibility index (Phi) is 5.72. The highest BCUT2D eigenvalue weighted by molar-refractivity contribution is 6.04. The highest BCUT2D eigenvalue weighted by Crippen LogP contribution is 2.20. The molecule has 0 spiro atoms. The van der Waals surface area contributed by atoms with E-state index in [1.807, 2.05) is 31.2 Å². The maximum absolute atomic E-state index is 13.0. The van der Waals surface area contributed by atoms with Gasteiger partial charge in [0, 0.05) is 44.7 Å². The summed E-state index contributed by atoms with van der Waals surface area (Å²) in [4.78, 5) is 43.0. The fourth-order valence-corrected chi connectivity index (χ4v) is 4.42. The molecular weight excluding hydrogens is 384 g/mol. The van der Waals surface area contributed by atoms with Gasteiger partial charge in [0.1, 0.15) is 0 Å². The first-order valence-corrected chi connectivity index (χ1v) is 10.5. The normalized spacial score (nSPS) is 21.6. The van der Waals surface area contributed by atoms with Gasteiger partial charge in [0.05, 0.1) is 17.5 Å². The molecule has 30 heavy (non-hydrogen) atoms. The summed E-state index contributed by atoms with van der Waals surface area (Å²) >= 11 is 0. The summed E-state index contributed by atoms with van der Waals surface area (Å²) in [7, 11) is 0. The van der Waals surface area contributed by atoms with Crippen molar-refractivity contribution in [3.63, 3.8) is 0 Å². The number of benzene rings is 1. The van der Waals surface area contributed by atoms with Gasteiger partial charge in [0.25, 0.3) is 5.91 Å². The molecule has 3 amide bonds. The molecule has 9 heteroatoms. The molecule has 3 heterocycles. The summed E-state index contributed by atoms with van der Waals surface area (Å²) in [6, 6.07) is 7.29. The van der Waals surface area contributed by atoms with E-state index in [2.05, 4.69) is 15.1 Å². The second-order valence-corrected chi connectivity index (χ2v) is 8.15. The molecule has 0 bridgehead atoms. The molecule has 0 radical (unpaired) electrons. The zero-order valence-electron chi connectivity index (χ0n) is 17.2. The Morgan fingerprint density at radius 1 is 1.10 bits per heavy atom. The molecule has 3 N–H and O–H groups in total. The number of hydrogen-bond acceptors (Lipinski definition) is 5. The van der Waals surface area contributed by atoms with Crippen LogP contribution in [0.2, 0.25) is 0 Å². The van der Waals surface area contributed by atoms with Gasteiger partial charge in [0.2, 0.25) is 11.8 Å². The number of carbonyl (C=O) groups excluding carboxylic acids is 3. The molecule has 2 atom stereocenters. The van der Waals surface area contributed by atoms with Crippen LogP contribution in [0, 0.1) is 5.92 Å². The number of primary amides is 1. The Balaban J connectivity index is 1.35. The largest absolute Gasteiger partial charge is 0.369 e. The van der Waals surface area contributed by atoms with Gasteiger partial charge in [-0.05, 0) is 25.8 Å². The van der Waals surface area contributed by atoms with Crippen LogP contribution in [0.1, 0.15) is 30.3 Å². The molecule has 0 saturated carbocycles. The summed E-state index contributed by atoms with van der Waals surface area (Å²) in [5.74, 6) is -0.656. The Hall–Kier alpha value is -2.94. The summed E-state index contributed by atoms with van der Waals surface area (Å²) in [5, 5.41) is 7.94. The number of nitrogens with one attached hydrogen (secondary N) is 1. The van der Waals surface area contributed by atoms with Crippen molar-refractivity contribution in [2.24, 2.45) is 11.7 Å². The number of amides is 3. The third kappa shape index (κ3) is 3.89. The van der Waals surface area contributed by atoms with Crippen molar-refractivity contribution < 1.29 is 14.4 Å². The summed E-state index contributed by atoms with van der Waals surface area (Å²) in [5.41, 5.74) is 6.72. The van der Waals surface area contributed by atoms with E-state index in [0.717, 1.165) is 23.7 Å². The maximum atomic E-state index is 13.0. The van der Waals surface area contributed by atoms with Crippen molar-refractivity contribution in [3.8, 4) is 0 Å². The average molecular weight is 412 g/mol. The van der Waals surface area contributed by atoms with Gasteiger partial charge in [-0.3, -0.25) is 24.4 Å². The number of fused-ring (bicyclic) bond motifs is 1. The number of aromatic nitrogens is 2. The maximum Gasteiger partial charge on any atom is 0.275 e. The van der Waals surface area contributed by atoms with E-state index >= 15 is 0 Å². The lowest BCUT2D eigenvalue weighted by Gasteiger charge is -2.40. The predicted molar refractivity (Wildman–Crippen MR) is 112 cm³/mol. The number of piperidine rings is 1. The summed E-state index contributed by atoms with van der Waals surface area (Å²) in [6.07, 6.45) is 1.54. The molecular formula is C21H28N6O3. The molecule has 9 nitrogen and oxygen atoms in total. The molecule has 160 valence electrons. The van der Waals surface area contributed by atoms with E-state index in [1.165, 1.54) is 0 Å². The molecule has 2 unspecified atom stereocenters. The highest BCUT2D eigenvalue weighted by atomic mass is 16.2. The van der Waals surface area contributed by atoms with Crippen molar-refractivity contribution in [1.29, 1.82) is 0 Å². The van der Waals surface area contributed by atoms with Gasteiger partial charge in [-0.2, -0.15) is 5.10 Å². The van der Waals surface area contributed by atoms with Crippen molar-refractivity contribution in [2.75, 3.05) is 39.3 Å². The minimum atomic E-state index is -0.335. The molecule has 4 rings (SSSR count). The molecule has 2 aliphatic heterocycles. The number of rotatable bonds is 4. The van der Waals surface area contributed by atoms with E-state index in [0.29, 0.717) is 45.0 Å². The third-order valence-corrected chi connectivity index (χ3v) is 6.31. The first kappa shape index (κ1) is 20.3. The van der Waals surface area contributed by atoms with E-state index < -0.39 is 0 Å². The quantitative estimate of drug-likeness (QED) is 0.756. The Morgan fingerprint density at radius 2 is 1.83 bits per heavy atom. The topological polar surface area (TPSA) is 116 Å². The molecule has 2 fully saturated rings. The van der Waals surface area contributed by atoms with Gasteiger partial charge in [0.15, 0.2) is 5.69 Å². The van der Waals surface area contributed by atoms with Crippen molar-refractivity contribution in [2.45, 2.75) is 25.8 Å². The molecule has 2 aromatic rings. The van der Waals surface area contributed by atoms with E-state index in [-0.39, 0.29) is 29.7 Å². The van der Waals surface area contributed by atoms with Crippen LogP contribution < -0.4 is 5.73 Å². The fourth-order valence-electron chi connectivity index (χ4n) is 4.42. The van der Waals surface area contributed by atoms with Gasteiger partial charge >= 0.3 is 0 Å². The lowest BCUT2D eigenvalue weighted by Crippen LogP contribution is -2.57. The number of nitrogens with two attached hydrogens (primary N) is 1. The van der Waals surface area contributed by atoms with Crippen molar-refractivity contribution >= 4 is 28.6 Å². The number of piperazine rings is 1. The summed E-state index contributed by atoms with van der Waals surface area (Å²) in [6.45, 7) is 5.29. The predicted octanol–water partition coefficient (Wildman–Crippen LogP) is 0.433. The zero-order chi connectivity index (χ0) is 21.3. The lowest BCUT2D eigenvalue weighted by molar-refractivity contribution is -0.140. The molecule has 0 aliphatic carbocycles. The Morgan fingerprint density at radius 3 is 2.57 bits per heavy atom. The second-order valence-electron chi connectivity index (χ2n) is 8.15. The van der Waals surface area contributed by atoms with Crippen LogP contribution >= 0.6 is 0 Å². The zero-order valence-corrected chi connectivity index (χ0v) is 17.2. The highest BCUT2D eigenvalue weighted by Gasteiger charge is 2.34. The number of H-pyrrole nitrogens is 1. The minimum Gasteiger partial charge on any atom is -0.369 e. The Labute approximate surface area is 175 Å². The van der Waals surface area contributed by atoms with E-state index in [1.54, 1.807) is 9.80 Å². The number of hydrogen-bond donors (Lipinski definition) is 2. The third-order valence-electron chi connectivity index (χ3n) is 6.31. The average Bonchev–Trinajstić information content (AvgIpc) is 3.22. The molecule has 2 aliphatic rings. The first-order chi connectivity index (χ1) is 14.5. The van der Waals surface area contributed by atoms with Gasteiger partial charge in [-0.1, -0.05) is 18.2 Å². The molecule has 1 aromatic heterocycles. The van der Waals surface area contributed by atoms with Gasteiger partial charge in [-0.15, -0.1) is 0 Å². The number of carbonyl (C=O) groups is 3. The van der Waals surface area contributed by atoms with Crippen LogP contribution in [0.25, 0.3) is 10.9 Å². The van der Waals surface area contributed by atoms with Crippen LogP contribution in [0.15, 0.2) is 24.3 Å². The number of para-hydroxylation sites is 1. The summed E-state index contributed by atoms with van der Waals surface area (Å²) < 4.78 is 0. The minimum absolute atomic E-state index is 0.0269. The lowest BCUT2D eigenvalue weighted by atomic mass is 9.97. The van der Waals surface area contributed by atoms with E-state index in [9.17, 15) is 14.4 Å². The van der Waals surface area contributed by atoms with E-state index in [4.69, 9.17) is 5.73 Å². The fraction of sp³-hybridized carbons (Fsp3) is 0.524. The van der Waals surface area contributed by atoms with Crippen LogP contribution in [0.4, 0.5) is 0 Å². The standard InChI is InChI=1S/C21H28N6O3/c1-14(20(29)27-8-4-5-15(13-27)19(22)28)25-9-11-26(12-10-25)21(30)18-16-6-2-3-7-17(16)23-24-18/h2-3,6-7,14-15H,4-5,8-13H2,1H3,(H2,22,28)(H,23,24). The van der Waals surface area contributed by atoms with Gasteiger partial charge in [-0.25, -0.2) is 0 Å². The van der Waals surface area contributed by atoms with Gasteiger partial charge < -0.3 is 15.5 Å². The van der Waals surface area contributed by atoms with Crippen molar-refractivity contribution in [1.82, 2.24) is 24.9 Å². The SMILES string of the molecule is CC(C(=O)N1CCCC(C(N)=O)C1)N1CCN(C(=O)c2n[nH]c3ccccc23)CC1. The smallest absolute Gasteiger partial charge is 0.275 e. The van der Waals surface area contributed by atoms with Crippen LogP contribution in [-0.2, 0) is 9.59 Å². The second kappa shape index (κ2) is 8.43. The first-order valence-electron chi connectivity index (χ1n) is 10.5. The van der Waals surface area contributed by atoms with Crippen LogP contribution in [-0.4, -0.2) is 87.9 Å². The molecule has 1 aromatic carbocycles. The number of likely N-dealkylation sites (tertiary alicyclic amines) is 1. The number of aromatic amines is 1. The van der Waals surface area contributed by atoms with Crippen LogP contribution in [0.3, 0.4) is 0 Å². The number of nitrogens with zero attached hydrogens (tertiary/aromatic N) is 4. The monoisotopic (exact) mass is 412 g/mol. The Bertz CT molecular complexity index is 949.